The van der Waals surface area contributed by atoms with E-state index in [1.807, 2.05) is 24.3 Å². The summed E-state index contributed by atoms with van der Waals surface area (Å²) >= 11 is 5.56. The first kappa shape index (κ1) is 8.64. The Hall–Kier alpha value is -0.950. The highest BCUT2D eigenvalue weighted by atomic mass is 35.5. The summed E-state index contributed by atoms with van der Waals surface area (Å²) in [6.07, 6.45) is 5.00. The second-order valence-corrected chi connectivity index (χ2v) is 3.33. The van der Waals surface area contributed by atoms with Gasteiger partial charge >= 0.3 is 0 Å². The molecular formula is C11H11ClO. The van der Waals surface area contributed by atoms with Crippen LogP contribution in [0.5, 0.6) is 5.75 Å². The van der Waals surface area contributed by atoms with Crippen LogP contribution in [-0.4, -0.2) is 12.5 Å². The second kappa shape index (κ2) is 3.84. The minimum atomic E-state index is 0.563. The lowest BCUT2D eigenvalue weighted by Gasteiger charge is -1.99. The number of hydrogen-bond donors (Lipinski definition) is 0. The Morgan fingerprint density at radius 2 is 2.38 bits per heavy atom. The van der Waals surface area contributed by atoms with Crippen LogP contribution in [0.3, 0.4) is 0 Å². The normalized spacial score (nSPS) is 14.5. The third kappa shape index (κ3) is 1.86. The Labute approximate surface area is 83.0 Å². The third-order valence-corrected chi connectivity index (χ3v) is 2.29. The molecule has 68 valence electrons. The van der Waals surface area contributed by atoms with Crippen molar-refractivity contribution in [2.45, 2.75) is 6.42 Å². The van der Waals surface area contributed by atoms with Gasteiger partial charge in [-0.25, -0.2) is 0 Å². The molecule has 1 aliphatic heterocycles. The Bertz CT molecular complexity index is 331. The van der Waals surface area contributed by atoms with Crippen molar-refractivity contribution in [2.75, 3.05) is 12.5 Å². The third-order valence-electron chi connectivity index (χ3n) is 2.11. The lowest BCUT2D eigenvalue weighted by atomic mass is 10.1. The predicted molar refractivity (Wildman–Crippen MR) is 55.4 cm³/mol. The van der Waals surface area contributed by atoms with Crippen LogP contribution in [0.25, 0.3) is 6.08 Å². The van der Waals surface area contributed by atoms with Gasteiger partial charge in [-0.3, -0.25) is 0 Å². The Kier molecular flexibility index (Phi) is 2.55. The van der Waals surface area contributed by atoms with Crippen LogP contribution in [0.2, 0.25) is 0 Å². The summed E-state index contributed by atoms with van der Waals surface area (Å²) in [4.78, 5) is 0. The summed E-state index contributed by atoms with van der Waals surface area (Å²) in [5.41, 5.74) is 2.50. The second-order valence-electron chi connectivity index (χ2n) is 3.02. The molecule has 0 saturated carbocycles. The first-order valence-corrected chi connectivity index (χ1v) is 4.92. The molecule has 2 heteroatoms. The largest absolute Gasteiger partial charge is 0.493 e. The Balaban J connectivity index is 2.25. The molecule has 1 aliphatic rings. The summed E-state index contributed by atoms with van der Waals surface area (Å²) in [5.74, 6) is 1.59. The number of hydrogen-bond acceptors (Lipinski definition) is 1. The van der Waals surface area contributed by atoms with Crippen molar-refractivity contribution in [3.8, 4) is 5.75 Å². The molecule has 1 heterocycles. The van der Waals surface area contributed by atoms with E-state index in [4.69, 9.17) is 16.3 Å². The molecule has 0 fully saturated rings. The molecule has 0 amide bonds. The van der Waals surface area contributed by atoms with E-state index < -0.39 is 0 Å². The number of benzene rings is 1. The molecule has 0 atom stereocenters. The van der Waals surface area contributed by atoms with Crippen LogP contribution in [0, 0.1) is 0 Å². The fourth-order valence-electron chi connectivity index (χ4n) is 1.49. The van der Waals surface area contributed by atoms with Crippen LogP contribution < -0.4 is 4.74 Å². The van der Waals surface area contributed by atoms with E-state index in [2.05, 4.69) is 6.07 Å². The molecule has 0 aromatic heterocycles. The summed E-state index contributed by atoms with van der Waals surface area (Å²) in [6.45, 7) is 0.817. The zero-order valence-electron chi connectivity index (χ0n) is 7.29. The molecule has 1 nitrogen and oxygen atoms in total. The molecule has 0 saturated heterocycles. The first-order chi connectivity index (χ1) is 6.40. The van der Waals surface area contributed by atoms with Crippen molar-refractivity contribution in [2.24, 2.45) is 0 Å². The van der Waals surface area contributed by atoms with E-state index in [-0.39, 0.29) is 0 Å². The van der Waals surface area contributed by atoms with Gasteiger partial charge in [0.1, 0.15) is 5.75 Å². The predicted octanol–water partition coefficient (Wildman–Crippen LogP) is 2.87. The molecule has 1 aromatic carbocycles. The minimum Gasteiger partial charge on any atom is -0.493 e. The van der Waals surface area contributed by atoms with E-state index in [9.17, 15) is 0 Å². The van der Waals surface area contributed by atoms with Gasteiger partial charge < -0.3 is 4.74 Å². The SMILES string of the molecule is ClC/C=C/c1ccc2c(c1)CCO2. The highest BCUT2D eigenvalue weighted by Crippen LogP contribution is 2.26. The summed E-state index contributed by atoms with van der Waals surface area (Å²) < 4.78 is 5.41. The zero-order valence-corrected chi connectivity index (χ0v) is 8.05. The monoisotopic (exact) mass is 194 g/mol. The number of ether oxygens (including phenoxy) is 1. The van der Waals surface area contributed by atoms with E-state index in [1.165, 1.54) is 11.1 Å². The van der Waals surface area contributed by atoms with Crippen molar-refractivity contribution in [3.63, 3.8) is 0 Å². The van der Waals surface area contributed by atoms with Crippen molar-refractivity contribution >= 4 is 17.7 Å². The highest BCUT2D eigenvalue weighted by Gasteiger charge is 2.10. The lowest BCUT2D eigenvalue weighted by molar-refractivity contribution is 0.357. The maximum absolute atomic E-state index is 5.56. The zero-order chi connectivity index (χ0) is 9.10. The Morgan fingerprint density at radius 1 is 1.46 bits per heavy atom. The highest BCUT2D eigenvalue weighted by molar-refractivity contribution is 6.19. The summed E-state index contributed by atoms with van der Waals surface area (Å²) in [7, 11) is 0. The van der Waals surface area contributed by atoms with Crippen LogP contribution >= 0.6 is 11.6 Å². The molecule has 1 aromatic rings. The number of halogens is 1. The average Bonchev–Trinajstić information content (AvgIpc) is 2.61. The van der Waals surface area contributed by atoms with Crippen LogP contribution in [0.1, 0.15) is 11.1 Å². The van der Waals surface area contributed by atoms with Gasteiger partial charge in [0.05, 0.1) is 6.61 Å². The fourth-order valence-corrected chi connectivity index (χ4v) is 1.58. The van der Waals surface area contributed by atoms with Crippen molar-refractivity contribution in [1.82, 2.24) is 0 Å². The van der Waals surface area contributed by atoms with Gasteiger partial charge in [0, 0.05) is 12.3 Å². The van der Waals surface area contributed by atoms with Gasteiger partial charge in [0.15, 0.2) is 0 Å². The molecule has 0 unspecified atom stereocenters. The van der Waals surface area contributed by atoms with Gasteiger partial charge in [-0.15, -0.1) is 11.6 Å². The van der Waals surface area contributed by atoms with Gasteiger partial charge in [-0.05, 0) is 23.3 Å². The number of fused-ring (bicyclic) bond motifs is 1. The van der Waals surface area contributed by atoms with Crippen LogP contribution in [0.15, 0.2) is 24.3 Å². The molecule has 0 aliphatic carbocycles. The van der Waals surface area contributed by atoms with Gasteiger partial charge in [0.25, 0.3) is 0 Å². The average molecular weight is 195 g/mol. The number of rotatable bonds is 2. The topological polar surface area (TPSA) is 9.23 Å². The van der Waals surface area contributed by atoms with Crippen LogP contribution in [-0.2, 0) is 6.42 Å². The molecule has 0 radical (unpaired) electrons. The van der Waals surface area contributed by atoms with Gasteiger partial charge in [0.2, 0.25) is 0 Å². The summed E-state index contributed by atoms with van der Waals surface area (Å²) in [5, 5.41) is 0. The maximum Gasteiger partial charge on any atom is 0.122 e. The van der Waals surface area contributed by atoms with Crippen LogP contribution in [0.4, 0.5) is 0 Å². The van der Waals surface area contributed by atoms with Crippen molar-refractivity contribution < 1.29 is 4.74 Å². The van der Waals surface area contributed by atoms with E-state index in [0.717, 1.165) is 18.8 Å². The van der Waals surface area contributed by atoms with Gasteiger partial charge in [-0.1, -0.05) is 18.2 Å². The quantitative estimate of drug-likeness (QED) is 0.658. The maximum atomic E-state index is 5.56. The van der Waals surface area contributed by atoms with E-state index in [0.29, 0.717) is 5.88 Å². The van der Waals surface area contributed by atoms with E-state index in [1.54, 1.807) is 0 Å². The molecule has 0 bridgehead atoms. The molecule has 0 spiro atoms. The van der Waals surface area contributed by atoms with E-state index >= 15 is 0 Å². The molecule has 13 heavy (non-hydrogen) atoms. The van der Waals surface area contributed by atoms with Gasteiger partial charge in [-0.2, -0.15) is 0 Å². The number of allylic oxidation sites excluding steroid dienone is 1. The molecule has 2 rings (SSSR count). The lowest BCUT2D eigenvalue weighted by Crippen LogP contribution is -1.85. The molecular weight excluding hydrogens is 184 g/mol. The van der Waals surface area contributed by atoms with Crippen molar-refractivity contribution in [3.05, 3.63) is 35.4 Å². The van der Waals surface area contributed by atoms with Crippen molar-refractivity contribution in [1.29, 1.82) is 0 Å². The number of alkyl halides is 1. The fraction of sp³-hybridized carbons (Fsp3) is 0.273. The smallest absolute Gasteiger partial charge is 0.122 e. The first-order valence-electron chi connectivity index (χ1n) is 4.38. The molecule has 0 N–H and O–H groups in total. The Morgan fingerprint density at radius 3 is 3.23 bits per heavy atom. The summed E-state index contributed by atoms with van der Waals surface area (Å²) in [6, 6.07) is 6.23. The minimum absolute atomic E-state index is 0.563. The standard InChI is InChI=1S/C11H11ClO/c12-6-1-2-9-3-4-11-10(8-9)5-7-13-11/h1-4,8H,5-7H2/b2-1+.